The highest BCUT2D eigenvalue weighted by atomic mass is 16.6. The molecule has 0 radical (unpaired) electrons. The van der Waals surface area contributed by atoms with E-state index in [-0.39, 0.29) is 12.2 Å². The minimum atomic E-state index is -0.0792. The summed E-state index contributed by atoms with van der Waals surface area (Å²) in [7, 11) is 0. The van der Waals surface area contributed by atoms with Crippen molar-refractivity contribution in [1.82, 2.24) is 9.80 Å². The van der Waals surface area contributed by atoms with E-state index in [4.69, 9.17) is 4.74 Å². The summed E-state index contributed by atoms with van der Waals surface area (Å²) in [5, 5.41) is 0. The number of nitrogens with zero attached hydrogens (tertiary/aromatic N) is 2. The van der Waals surface area contributed by atoms with Crippen LogP contribution in [-0.2, 0) is 4.74 Å². The van der Waals surface area contributed by atoms with Crippen molar-refractivity contribution in [3.05, 3.63) is 0 Å². The molecule has 20 heavy (non-hydrogen) atoms. The van der Waals surface area contributed by atoms with Crippen molar-refractivity contribution in [2.45, 2.75) is 77.1 Å². The Kier molecular flexibility index (Phi) is 4.20. The summed E-state index contributed by atoms with van der Waals surface area (Å²) >= 11 is 0. The molecule has 2 heterocycles. The highest BCUT2D eigenvalue weighted by Crippen LogP contribution is 2.37. The minimum absolute atomic E-state index is 0.0258. The lowest BCUT2D eigenvalue weighted by molar-refractivity contribution is -0.000360. The van der Waals surface area contributed by atoms with E-state index in [2.05, 4.69) is 9.80 Å². The smallest absolute Gasteiger partial charge is 0.411 e. The van der Waals surface area contributed by atoms with Crippen LogP contribution in [0.15, 0.2) is 0 Å². The molecular formula is C16H28N2O2. The van der Waals surface area contributed by atoms with Crippen molar-refractivity contribution >= 4 is 6.09 Å². The number of amides is 1. The second-order valence-corrected chi connectivity index (χ2v) is 7.00. The van der Waals surface area contributed by atoms with Crippen molar-refractivity contribution in [3.63, 3.8) is 0 Å². The van der Waals surface area contributed by atoms with Crippen molar-refractivity contribution in [3.8, 4) is 0 Å². The lowest BCUT2D eigenvalue weighted by Gasteiger charge is -2.42. The van der Waals surface area contributed by atoms with Gasteiger partial charge in [-0.2, -0.15) is 0 Å². The van der Waals surface area contributed by atoms with Gasteiger partial charge >= 0.3 is 6.09 Å². The largest absolute Gasteiger partial charge is 0.447 e. The second-order valence-electron chi connectivity index (χ2n) is 7.00. The summed E-state index contributed by atoms with van der Waals surface area (Å²) in [5.74, 6) is 0.804. The number of carbonyl (C=O) groups excluding carboxylic acids is 1. The first kappa shape index (κ1) is 14.2. The Morgan fingerprint density at radius 3 is 2.50 bits per heavy atom. The zero-order valence-corrected chi connectivity index (χ0v) is 12.9. The predicted molar refractivity (Wildman–Crippen MR) is 78.4 cm³/mol. The van der Waals surface area contributed by atoms with Crippen molar-refractivity contribution < 1.29 is 9.53 Å². The van der Waals surface area contributed by atoms with Crippen LogP contribution in [0.5, 0.6) is 0 Å². The maximum absolute atomic E-state index is 12.6. The van der Waals surface area contributed by atoms with Gasteiger partial charge in [-0.25, -0.2) is 4.79 Å². The third-order valence-corrected chi connectivity index (χ3v) is 5.12. The van der Waals surface area contributed by atoms with Crippen LogP contribution < -0.4 is 0 Å². The van der Waals surface area contributed by atoms with E-state index in [1.807, 2.05) is 13.8 Å². The van der Waals surface area contributed by atoms with E-state index in [0.29, 0.717) is 12.2 Å². The molecule has 2 aliphatic heterocycles. The summed E-state index contributed by atoms with van der Waals surface area (Å²) in [6, 6.07) is 0.402. The van der Waals surface area contributed by atoms with Crippen LogP contribution in [0, 0.1) is 5.92 Å². The number of rotatable bonds is 3. The number of piperidine rings is 1. The van der Waals surface area contributed by atoms with Crippen LogP contribution in [0.4, 0.5) is 4.79 Å². The summed E-state index contributed by atoms with van der Waals surface area (Å²) in [5.41, 5.74) is 0. The van der Waals surface area contributed by atoms with E-state index in [9.17, 15) is 4.79 Å². The lowest BCUT2D eigenvalue weighted by atomic mass is 9.93. The van der Waals surface area contributed by atoms with Gasteiger partial charge in [0.25, 0.3) is 0 Å². The van der Waals surface area contributed by atoms with Crippen LogP contribution in [-0.4, -0.2) is 47.3 Å². The number of hydrogen-bond acceptors (Lipinski definition) is 3. The third-order valence-electron chi connectivity index (χ3n) is 5.12. The lowest BCUT2D eigenvalue weighted by Crippen LogP contribution is -2.54. The van der Waals surface area contributed by atoms with Gasteiger partial charge in [-0.05, 0) is 45.4 Å². The zero-order valence-electron chi connectivity index (χ0n) is 12.9. The molecule has 3 rings (SSSR count). The van der Waals surface area contributed by atoms with Gasteiger partial charge in [0.05, 0.1) is 12.3 Å². The minimum Gasteiger partial charge on any atom is -0.447 e. The predicted octanol–water partition coefficient (Wildman–Crippen LogP) is 3.22. The quantitative estimate of drug-likeness (QED) is 0.796. The Labute approximate surface area is 122 Å². The number of fused-ring (bicyclic) bond motifs is 2. The van der Waals surface area contributed by atoms with Crippen LogP contribution in [0.1, 0.15) is 58.8 Å². The third kappa shape index (κ3) is 2.80. The number of carbonyl (C=O) groups is 1. The van der Waals surface area contributed by atoms with E-state index < -0.39 is 0 Å². The van der Waals surface area contributed by atoms with Crippen molar-refractivity contribution in [2.24, 2.45) is 5.92 Å². The molecule has 4 nitrogen and oxygen atoms in total. The summed E-state index contributed by atoms with van der Waals surface area (Å²) in [6.45, 7) is 6.23. The van der Waals surface area contributed by atoms with Gasteiger partial charge < -0.3 is 4.74 Å². The van der Waals surface area contributed by atoms with Crippen LogP contribution >= 0.6 is 0 Å². The highest BCUT2D eigenvalue weighted by Gasteiger charge is 2.45. The van der Waals surface area contributed by atoms with E-state index >= 15 is 0 Å². The molecule has 1 saturated carbocycles. The van der Waals surface area contributed by atoms with Gasteiger partial charge in [-0.1, -0.05) is 19.3 Å². The second kappa shape index (κ2) is 5.92. The van der Waals surface area contributed by atoms with E-state index in [1.165, 1.54) is 32.2 Å². The Morgan fingerprint density at radius 1 is 1.20 bits per heavy atom. The Bertz CT molecular complexity index is 352. The molecule has 1 aliphatic carbocycles. The summed E-state index contributed by atoms with van der Waals surface area (Å²) in [6.07, 6.45) is 8.82. The van der Waals surface area contributed by atoms with Gasteiger partial charge in [0, 0.05) is 19.1 Å². The van der Waals surface area contributed by atoms with Crippen LogP contribution in [0.25, 0.3) is 0 Å². The van der Waals surface area contributed by atoms with Crippen molar-refractivity contribution in [2.75, 3.05) is 13.1 Å². The average Bonchev–Trinajstić information content (AvgIpc) is 3.02. The fourth-order valence-electron chi connectivity index (χ4n) is 4.20. The van der Waals surface area contributed by atoms with E-state index in [0.717, 1.165) is 31.7 Å². The molecule has 3 fully saturated rings. The normalized spacial score (nSPS) is 33.6. The fourth-order valence-corrected chi connectivity index (χ4v) is 4.20. The van der Waals surface area contributed by atoms with Gasteiger partial charge in [0.2, 0.25) is 0 Å². The number of hydrogen-bond donors (Lipinski definition) is 0. The molecule has 0 aromatic carbocycles. The monoisotopic (exact) mass is 280 g/mol. The molecule has 0 spiro atoms. The van der Waals surface area contributed by atoms with Gasteiger partial charge in [0.15, 0.2) is 0 Å². The van der Waals surface area contributed by atoms with Crippen LogP contribution in [0.3, 0.4) is 0 Å². The zero-order chi connectivity index (χ0) is 14.1. The van der Waals surface area contributed by atoms with Crippen molar-refractivity contribution in [1.29, 1.82) is 0 Å². The maximum Gasteiger partial charge on any atom is 0.411 e. The van der Waals surface area contributed by atoms with Gasteiger partial charge in [0.1, 0.15) is 0 Å². The molecule has 3 aliphatic rings. The first-order valence-corrected chi connectivity index (χ1v) is 8.38. The van der Waals surface area contributed by atoms with E-state index in [1.54, 1.807) is 0 Å². The summed E-state index contributed by atoms with van der Waals surface area (Å²) < 4.78 is 5.55. The SMILES string of the molecule is CC(C)OC(=O)N(C1CCCCC1)C1CC2CCN1C2. The maximum atomic E-state index is 12.6. The Balaban J connectivity index is 1.73. The first-order chi connectivity index (χ1) is 9.65. The van der Waals surface area contributed by atoms with Gasteiger partial charge in [-0.15, -0.1) is 0 Å². The van der Waals surface area contributed by atoms with Gasteiger partial charge in [-0.3, -0.25) is 9.80 Å². The standard InChI is InChI=1S/C16H28N2O2/c1-12(2)20-16(19)18(14-6-4-3-5-7-14)15-10-13-8-9-17(15)11-13/h12-15H,3-11H2,1-2H3. The molecule has 0 N–H and O–H groups in total. The molecule has 1 amide bonds. The fraction of sp³-hybridized carbons (Fsp3) is 0.938. The molecule has 4 heteroatoms. The Morgan fingerprint density at radius 2 is 1.95 bits per heavy atom. The molecule has 114 valence electrons. The number of ether oxygens (including phenoxy) is 1. The topological polar surface area (TPSA) is 32.8 Å². The first-order valence-electron chi connectivity index (χ1n) is 8.38. The molecular weight excluding hydrogens is 252 g/mol. The molecule has 3 atom stereocenters. The molecule has 2 saturated heterocycles. The Hall–Kier alpha value is -0.770. The average molecular weight is 280 g/mol. The molecule has 0 aromatic heterocycles. The molecule has 0 aromatic rings. The highest BCUT2D eigenvalue weighted by molar-refractivity contribution is 5.68. The summed E-state index contributed by atoms with van der Waals surface area (Å²) in [4.78, 5) is 17.2. The molecule has 2 bridgehead atoms. The molecule has 3 unspecified atom stereocenters. The van der Waals surface area contributed by atoms with Crippen LogP contribution in [0.2, 0.25) is 0 Å².